The summed E-state index contributed by atoms with van der Waals surface area (Å²) >= 11 is 3.54. The predicted octanol–water partition coefficient (Wildman–Crippen LogP) is 7.11. The number of hydrazone groups is 1. The molecule has 10 nitrogen and oxygen atoms in total. The first-order chi connectivity index (χ1) is 21.9. The number of aromatic nitrogens is 1. The Kier molecular flexibility index (Phi) is 8.79. The fraction of sp³-hybridized carbons (Fsp3) is 0.176. The number of rotatable bonds is 11. The smallest absolute Gasteiger partial charge is 0.307 e. The Morgan fingerprint density at radius 3 is 2.47 bits per heavy atom. The highest BCUT2D eigenvalue weighted by molar-refractivity contribution is 9.10. The molecule has 3 aromatic carbocycles. The summed E-state index contributed by atoms with van der Waals surface area (Å²) in [6.45, 7) is 4.84. The lowest BCUT2D eigenvalue weighted by molar-refractivity contribution is 0.0923. The van der Waals surface area contributed by atoms with Crippen molar-refractivity contribution in [3.63, 3.8) is 0 Å². The normalized spacial score (nSPS) is 12.0. The lowest BCUT2D eigenvalue weighted by Crippen LogP contribution is -2.16. The van der Waals surface area contributed by atoms with E-state index in [1.165, 1.54) is 6.21 Å². The third kappa shape index (κ3) is 6.83. The second kappa shape index (κ2) is 13.2. The van der Waals surface area contributed by atoms with Gasteiger partial charge in [0.1, 0.15) is 24.7 Å². The Labute approximate surface area is 268 Å². The molecule has 0 spiro atoms. The molecule has 0 unspecified atom stereocenters. The average molecular weight is 673 g/mol. The number of halogens is 1. The van der Waals surface area contributed by atoms with E-state index in [2.05, 4.69) is 57.0 Å². The highest BCUT2D eigenvalue weighted by Gasteiger charge is 2.15. The van der Waals surface area contributed by atoms with Crippen molar-refractivity contribution in [1.29, 1.82) is 0 Å². The number of hydrogen-bond acceptors (Lipinski definition) is 8. The van der Waals surface area contributed by atoms with Gasteiger partial charge in [-0.15, -0.1) is 0 Å². The molecular formula is C34H30BrN3O7. The second-order valence-electron chi connectivity index (χ2n) is 10.2. The van der Waals surface area contributed by atoms with Crippen LogP contribution in [0.4, 0.5) is 0 Å². The van der Waals surface area contributed by atoms with Crippen molar-refractivity contribution in [2.75, 3.05) is 13.9 Å². The molecule has 0 saturated heterocycles. The zero-order valence-electron chi connectivity index (χ0n) is 24.8. The molecule has 1 aliphatic rings. The lowest BCUT2D eigenvalue weighted by Gasteiger charge is -2.13. The monoisotopic (exact) mass is 671 g/mol. The Bertz CT molecular complexity index is 1840. The molecule has 0 fully saturated rings. The third-order valence-electron chi connectivity index (χ3n) is 7.12. The summed E-state index contributed by atoms with van der Waals surface area (Å²) in [4.78, 5) is 12.6. The number of furan rings is 1. The molecule has 0 bridgehead atoms. The maximum atomic E-state index is 12.6. The molecular weight excluding hydrogens is 642 g/mol. The summed E-state index contributed by atoms with van der Waals surface area (Å²) in [7, 11) is 1.55. The van der Waals surface area contributed by atoms with Crippen molar-refractivity contribution in [1.82, 2.24) is 9.99 Å². The van der Waals surface area contributed by atoms with Crippen LogP contribution < -0.4 is 29.1 Å². The zero-order chi connectivity index (χ0) is 31.3. The molecule has 2 aromatic heterocycles. The molecule has 0 saturated carbocycles. The van der Waals surface area contributed by atoms with Gasteiger partial charge in [0.25, 0.3) is 0 Å². The summed E-state index contributed by atoms with van der Waals surface area (Å²) < 4.78 is 36.7. The van der Waals surface area contributed by atoms with E-state index in [4.69, 9.17) is 28.1 Å². The van der Waals surface area contributed by atoms with Gasteiger partial charge in [0.05, 0.1) is 13.3 Å². The number of benzene rings is 3. The van der Waals surface area contributed by atoms with Gasteiger partial charge in [0.2, 0.25) is 6.79 Å². The maximum absolute atomic E-state index is 12.6. The van der Waals surface area contributed by atoms with E-state index in [1.807, 2.05) is 42.5 Å². The van der Waals surface area contributed by atoms with Crippen LogP contribution >= 0.6 is 15.9 Å². The minimum absolute atomic E-state index is 0.114. The van der Waals surface area contributed by atoms with Crippen LogP contribution in [0, 0.1) is 13.8 Å². The van der Waals surface area contributed by atoms with Gasteiger partial charge in [0.15, 0.2) is 28.8 Å². The third-order valence-corrected chi connectivity index (χ3v) is 7.80. The number of carbonyl (C=O) groups is 1. The molecule has 0 atom stereocenters. The van der Waals surface area contributed by atoms with Crippen LogP contribution in [0.5, 0.6) is 28.7 Å². The summed E-state index contributed by atoms with van der Waals surface area (Å²) in [5.41, 5.74) is 7.47. The molecule has 6 rings (SSSR count). The van der Waals surface area contributed by atoms with Crippen molar-refractivity contribution in [2.24, 2.45) is 5.10 Å². The van der Waals surface area contributed by atoms with Crippen LogP contribution in [0.2, 0.25) is 0 Å². The van der Waals surface area contributed by atoms with Crippen LogP contribution in [0.3, 0.4) is 0 Å². The molecule has 3 heterocycles. The van der Waals surface area contributed by atoms with E-state index in [1.54, 1.807) is 31.4 Å². The Hall–Kier alpha value is -5.16. The molecule has 45 heavy (non-hydrogen) atoms. The SMILES string of the molecule is COc1cc(/C=N/NC(=O)c2ccc(COc3ccc(-n4c(C)ccc4C)cc3)o2)c(Br)cc1OCc1ccc2c(c1)OCO2. The molecule has 1 aliphatic heterocycles. The van der Waals surface area contributed by atoms with Crippen LogP contribution in [-0.2, 0) is 13.2 Å². The Morgan fingerprint density at radius 1 is 0.911 bits per heavy atom. The minimum Gasteiger partial charge on any atom is -0.493 e. The van der Waals surface area contributed by atoms with Gasteiger partial charge in [-0.05, 0) is 108 Å². The number of carbonyl (C=O) groups excluding carboxylic acids is 1. The topological polar surface area (TPSA) is 106 Å². The van der Waals surface area contributed by atoms with E-state index in [0.29, 0.717) is 51.2 Å². The van der Waals surface area contributed by atoms with Crippen molar-refractivity contribution in [3.05, 3.63) is 117 Å². The fourth-order valence-corrected chi connectivity index (χ4v) is 5.25. The van der Waals surface area contributed by atoms with E-state index < -0.39 is 5.91 Å². The number of methoxy groups -OCH3 is 1. The summed E-state index contributed by atoms with van der Waals surface area (Å²) in [6, 6.07) is 24.5. The quantitative estimate of drug-likeness (QED) is 0.118. The van der Waals surface area contributed by atoms with Gasteiger partial charge in [-0.3, -0.25) is 4.79 Å². The van der Waals surface area contributed by atoms with E-state index in [-0.39, 0.29) is 19.2 Å². The first kappa shape index (κ1) is 29.9. The largest absolute Gasteiger partial charge is 0.493 e. The number of fused-ring (bicyclic) bond motifs is 1. The second-order valence-corrected chi connectivity index (χ2v) is 11.1. The highest BCUT2D eigenvalue weighted by Crippen LogP contribution is 2.35. The average Bonchev–Trinajstić information content (AvgIpc) is 3.80. The minimum atomic E-state index is -0.494. The standard InChI is InChI=1S/C34H30BrN3O7/c1-21-4-5-22(2)38(21)25-7-9-26(10-8-25)41-19-27-11-13-30(45-27)34(39)37-36-17-24-15-31(40-3)33(16-28(24)35)42-18-23-6-12-29-32(14-23)44-20-43-29/h4-17H,18-20H2,1-3H3,(H,37,39)/b36-17+. The molecule has 1 N–H and O–H groups in total. The first-order valence-electron chi connectivity index (χ1n) is 14.1. The van der Waals surface area contributed by atoms with Crippen LogP contribution in [0.15, 0.2) is 92.9 Å². The first-order valence-corrected chi connectivity index (χ1v) is 14.9. The van der Waals surface area contributed by atoms with Gasteiger partial charge in [-0.25, -0.2) is 5.43 Å². The summed E-state index contributed by atoms with van der Waals surface area (Å²) in [5.74, 6) is 3.27. The van der Waals surface area contributed by atoms with Crippen molar-refractivity contribution in [2.45, 2.75) is 27.1 Å². The zero-order valence-corrected chi connectivity index (χ0v) is 26.4. The summed E-state index contributed by atoms with van der Waals surface area (Å²) in [5, 5.41) is 4.09. The number of hydrogen-bond donors (Lipinski definition) is 1. The number of ether oxygens (including phenoxy) is 5. The van der Waals surface area contributed by atoms with Gasteiger partial charge in [-0.2, -0.15) is 5.10 Å². The molecule has 5 aromatic rings. The number of nitrogens with zero attached hydrogens (tertiary/aromatic N) is 2. The van der Waals surface area contributed by atoms with Gasteiger partial charge < -0.3 is 32.7 Å². The highest BCUT2D eigenvalue weighted by atomic mass is 79.9. The van der Waals surface area contributed by atoms with Gasteiger partial charge in [-0.1, -0.05) is 6.07 Å². The number of amides is 1. The van der Waals surface area contributed by atoms with E-state index >= 15 is 0 Å². The molecule has 230 valence electrons. The molecule has 1 amide bonds. The van der Waals surface area contributed by atoms with E-state index in [0.717, 1.165) is 22.6 Å². The Morgan fingerprint density at radius 2 is 1.69 bits per heavy atom. The van der Waals surface area contributed by atoms with Gasteiger partial charge in [0, 0.05) is 27.1 Å². The Balaban J connectivity index is 1.02. The van der Waals surface area contributed by atoms with E-state index in [9.17, 15) is 4.79 Å². The number of aryl methyl sites for hydroxylation is 2. The number of nitrogens with one attached hydrogen (secondary N) is 1. The maximum Gasteiger partial charge on any atom is 0.307 e. The predicted molar refractivity (Wildman–Crippen MR) is 171 cm³/mol. The molecule has 0 aliphatic carbocycles. The van der Waals surface area contributed by atoms with Crippen LogP contribution in [0.1, 0.15) is 38.8 Å². The van der Waals surface area contributed by atoms with Crippen LogP contribution in [0.25, 0.3) is 5.69 Å². The molecule has 0 radical (unpaired) electrons. The van der Waals surface area contributed by atoms with Crippen molar-refractivity contribution >= 4 is 28.1 Å². The lowest BCUT2D eigenvalue weighted by atomic mass is 10.2. The summed E-state index contributed by atoms with van der Waals surface area (Å²) in [6.07, 6.45) is 1.50. The van der Waals surface area contributed by atoms with Crippen LogP contribution in [-0.4, -0.2) is 30.6 Å². The van der Waals surface area contributed by atoms with Crippen molar-refractivity contribution < 1.29 is 32.9 Å². The molecule has 11 heteroatoms. The van der Waals surface area contributed by atoms with Gasteiger partial charge >= 0.3 is 5.91 Å². The fourth-order valence-electron chi connectivity index (χ4n) is 4.83. The van der Waals surface area contributed by atoms with Crippen molar-refractivity contribution in [3.8, 4) is 34.4 Å².